The summed E-state index contributed by atoms with van der Waals surface area (Å²) < 4.78 is 0. The Kier molecular flexibility index (Phi) is 2.87. The molecular weight excluding hydrogens is 202 g/mol. The summed E-state index contributed by atoms with van der Waals surface area (Å²) in [5.74, 6) is 0. The lowest BCUT2D eigenvalue weighted by Crippen LogP contribution is -1.83. The Bertz CT molecular complexity index is 521. The van der Waals surface area contributed by atoms with E-state index in [2.05, 4.69) is 5.18 Å². The summed E-state index contributed by atoms with van der Waals surface area (Å²) >= 11 is 0. The molecule has 0 bridgehead atoms. The maximum atomic E-state index is 10.6. The lowest BCUT2D eigenvalue weighted by Gasteiger charge is -2.02. The van der Waals surface area contributed by atoms with Crippen LogP contribution in [0.15, 0.2) is 53.7 Å². The fourth-order valence-corrected chi connectivity index (χ4v) is 1.53. The molecule has 78 valence electrons. The normalized spacial score (nSPS) is 9.75. The lowest BCUT2D eigenvalue weighted by molar-refractivity contribution is 0.112. The van der Waals surface area contributed by atoms with Crippen LogP contribution in [0.25, 0.3) is 11.1 Å². The minimum atomic E-state index is 0.177. The van der Waals surface area contributed by atoms with E-state index in [9.17, 15) is 9.70 Å². The van der Waals surface area contributed by atoms with Gasteiger partial charge in [0.1, 0.15) is 5.69 Å². The number of nitroso groups, excluding NO2 is 1. The third-order valence-electron chi connectivity index (χ3n) is 2.36. The molecule has 0 N–H and O–H groups in total. The van der Waals surface area contributed by atoms with Crippen molar-refractivity contribution in [3.05, 3.63) is 59.0 Å². The van der Waals surface area contributed by atoms with Crippen molar-refractivity contribution in [2.75, 3.05) is 0 Å². The summed E-state index contributed by atoms with van der Waals surface area (Å²) in [6, 6.07) is 14.6. The van der Waals surface area contributed by atoms with Crippen molar-refractivity contribution < 1.29 is 4.79 Å². The van der Waals surface area contributed by atoms with Crippen molar-refractivity contribution in [3.8, 4) is 11.1 Å². The fourth-order valence-electron chi connectivity index (χ4n) is 1.53. The highest BCUT2D eigenvalue weighted by Crippen LogP contribution is 2.26. The molecule has 0 saturated heterocycles. The Morgan fingerprint density at radius 2 is 1.69 bits per heavy atom. The lowest BCUT2D eigenvalue weighted by atomic mass is 10.0. The zero-order valence-electron chi connectivity index (χ0n) is 8.46. The molecule has 0 spiro atoms. The Morgan fingerprint density at radius 1 is 0.938 bits per heavy atom. The summed E-state index contributed by atoms with van der Waals surface area (Å²) in [6.07, 6.45) is 0.630. The molecule has 0 saturated carbocycles. The summed E-state index contributed by atoms with van der Waals surface area (Å²) in [7, 11) is 0. The van der Waals surface area contributed by atoms with Crippen molar-refractivity contribution in [2.45, 2.75) is 0 Å². The van der Waals surface area contributed by atoms with Crippen LogP contribution in [0.2, 0.25) is 0 Å². The van der Waals surface area contributed by atoms with Crippen LogP contribution >= 0.6 is 0 Å². The van der Waals surface area contributed by atoms with E-state index in [1.54, 1.807) is 18.2 Å². The van der Waals surface area contributed by atoms with Crippen LogP contribution < -0.4 is 0 Å². The van der Waals surface area contributed by atoms with E-state index in [4.69, 9.17) is 0 Å². The van der Waals surface area contributed by atoms with Gasteiger partial charge in [0.25, 0.3) is 0 Å². The smallest absolute Gasteiger partial charge is 0.152 e. The molecule has 2 rings (SSSR count). The number of carbonyl (C=O) groups excluding carboxylic acids is 1. The average Bonchev–Trinajstić information content (AvgIpc) is 2.39. The Hall–Kier alpha value is -2.29. The topological polar surface area (TPSA) is 46.5 Å². The summed E-state index contributed by atoms with van der Waals surface area (Å²) in [6.45, 7) is 0. The fraction of sp³-hybridized carbons (Fsp3) is 0. The zero-order chi connectivity index (χ0) is 11.4. The molecule has 0 atom stereocenters. The van der Waals surface area contributed by atoms with Gasteiger partial charge in [0.2, 0.25) is 0 Å². The average molecular weight is 211 g/mol. The highest BCUT2D eigenvalue weighted by Gasteiger charge is 2.04. The first kappa shape index (κ1) is 10.2. The minimum absolute atomic E-state index is 0.177. The van der Waals surface area contributed by atoms with Crippen LogP contribution in [-0.4, -0.2) is 6.29 Å². The van der Waals surface area contributed by atoms with Gasteiger partial charge >= 0.3 is 0 Å². The van der Waals surface area contributed by atoms with Crippen molar-refractivity contribution in [1.82, 2.24) is 0 Å². The standard InChI is InChI=1S/C13H9NO2/c15-9-12-7-6-11(8-13(12)14-16)10-4-2-1-3-5-10/h1-9H. The molecule has 0 aliphatic heterocycles. The van der Waals surface area contributed by atoms with Crippen LogP contribution in [-0.2, 0) is 0 Å². The van der Waals surface area contributed by atoms with E-state index in [1.165, 1.54) is 0 Å². The number of aldehydes is 1. The summed E-state index contributed by atoms with van der Waals surface area (Å²) in [4.78, 5) is 21.2. The van der Waals surface area contributed by atoms with Crippen LogP contribution in [0.1, 0.15) is 10.4 Å². The van der Waals surface area contributed by atoms with Crippen molar-refractivity contribution in [3.63, 3.8) is 0 Å². The van der Waals surface area contributed by atoms with Gasteiger partial charge in [-0.3, -0.25) is 4.79 Å². The summed E-state index contributed by atoms with van der Waals surface area (Å²) in [5, 5.41) is 2.85. The number of hydrogen-bond donors (Lipinski definition) is 0. The minimum Gasteiger partial charge on any atom is -0.298 e. The van der Waals surface area contributed by atoms with Gasteiger partial charge in [-0.25, -0.2) is 0 Å². The molecule has 0 aliphatic carbocycles. The number of nitrogens with zero attached hydrogens (tertiary/aromatic N) is 1. The third kappa shape index (κ3) is 1.88. The Labute approximate surface area is 92.7 Å². The Balaban J connectivity index is 2.52. The van der Waals surface area contributed by atoms with Gasteiger partial charge in [-0.15, -0.1) is 4.91 Å². The van der Waals surface area contributed by atoms with Gasteiger partial charge in [-0.05, 0) is 28.4 Å². The maximum Gasteiger partial charge on any atom is 0.152 e. The highest BCUT2D eigenvalue weighted by atomic mass is 16.3. The van der Waals surface area contributed by atoms with E-state index in [1.807, 2.05) is 30.3 Å². The van der Waals surface area contributed by atoms with Crippen molar-refractivity contribution >= 4 is 12.0 Å². The maximum absolute atomic E-state index is 10.6. The second-order valence-electron chi connectivity index (χ2n) is 3.35. The largest absolute Gasteiger partial charge is 0.298 e. The summed E-state index contributed by atoms with van der Waals surface area (Å²) in [5.41, 5.74) is 2.36. The predicted molar refractivity (Wildman–Crippen MR) is 62.7 cm³/mol. The zero-order valence-corrected chi connectivity index (χ0v) is 8.46. The molecule has 0 radical (unpaired) electrons. The van der Waals surface area contributed by atoms with Gasteiger partial charge in [0.15, 0.2) is 6.29 Å². The molecule has 0 amide bonds. The molecule has 3 nitrogen and oxygen atoms in total. The number of hydrogen-bond acceptors (Lipinski definition) is 3. The second-order valence-corrected chi connectivity index (χ2v) is 3.35. The van der Waals surface area contributed by atoms with Crippen LogP contribution in [0.5, 0.6) is 0 Å². The first-order chi connectivity index (χ1) is 7.85. The molecule has 16 heavy (non-hydrogen) atoms. The van der Waals surface area contributed by atoms with E-state index < -0.39 is 0 Å². The second kappa shape index (κ2) is 4.49. The highest BCUT2D eigenvalue weighted by molar-refractivity contribution is 5.85. The van der Waals surface area contributed by atoms with Crippen LogP contribution in [0, 0.1) is 4.91 Å². The molecular formula is C13H9NO2. The number of rotatable bonds is 3. The molecule has 0 aromatic heterocycles. The number of benzene rings is 2. The molecule has 0 unspecified atom stereocenters. The van der Waals surface area contributed by atoms with E-state index in [0.717, 1.165) is 11.1 Å². The molecule has 0 aliphatic rings. The van der Waals surface area contributed by atoms with E-state index in [0.29, 0.717) is 11.8 Å². The quantitative estimate of drug-likeness (QED) is 0.575. The van der Waals surface area contributed by atoms with Crippen LogP contribution in [0.4, 0.5) is 5.69 Å². The SMILES string of the molecule is O=Cc1ccc(-c2ccccc2)cc1N=O. The van der Waals surface area contributed by atoms with Crippen LogP contribution in [0.3, 0.4) is 0 Å². The molecule has 3 heteroatoms. The monoisotopic (exact) mass is 211 g/mol. The van der Waals surface area contributed by atoms with Gasteiger partial charge < -0.3 is 0 Å². The Morgan fingerprint density at radius 3 is 2.31 bits per heavy atom. The van der Waals surface area contributed by atoms with Gasteiger partial charge in [-0.1, -0.05) is 36.4 Å². The van der Waals surface area contributed by atoms with Gasteiger partial charge in [-0.2, -0.15) is 0 Å². The van der Waals surface area contributed by atoms with Gasteiger partial charge in [0, 0.05) is 5.56 Å². The molecule has 2 aromatic carbocycles. The van der Waals surface area contributed by atoms with Crippen molar-refractivity contribution in [2.24, 2.45) is 5.18 Å². The van der Waals surface area contributed by atoms with Gasteiger partial charge in [0.05, 0.1) is 0 Å². The van der Waals surface area contributed by atoms with E-state index >= 15 is 0 Å². The first-order valence-corrected chi connectivity index (χ1v) is 4.83. The molecule has 2 aromatic rings. The predicted octanol–water partition coefficient (Wildman–Crippen LogP) is 3.56. The third-order valence-corrected chi connectivity index (χ3v) is 2.36. The first-order valence-electron chi connectivity index (χ1n) is 4.83. The van der Waals surface area contributed by atoms with Crippen molar-refractivity contribution in [1.29, 1.82) is 0 Å². The molecule has 0 fully saturated rings. The van der Waals surface area contributed by atoms with E-state index in [-0.39, 0.29) is 5.69 Å². The number of carbonyl (C=O) groups is 1. The molecule has 0 heterocycles.